The molecule has 0 spiro atoms. The molecule has 0 bridgehead atoms. The SMILES string of the molecule is COc1ccc(Br)cc1C[NH+](C)C[C@@H](O)COCc1ccc2c(c1)OCO2. The second kappa shape index (κ2) is 9.41. The van der Waals surface area contributed by atoms with E-state index in [-0.39, 0.29) is 13.4 Å². The molecule has 6 nitrogen and oxygen atoms in total. The molecule has 0 amide bonds. The van der Waals surface area contributed by atoms with Crippen LogP contribution in [0.2, 0.25) is 0 Å². The van der Waals surface area contributed by atoms with Crippen molar-refractivity contribution in [3.05, 3.63) is 52.0 Å². The quantitative estimate of drug-likeness (QED) is 0.624. The van der Waals surface area contributed by atoms with Gasteiger partial charge in [-0.05, 0) is 35.9 Å². The molecule has 146 valence electrons. The number of rotatable bonds is 9. The Labute approximate surface area is 167 Å². The van der Waals surface area contributed by atoms with Crippen molar-refractivity contribution in [2.45, 2.75) is 19.3 Å². The summed E-state index contributed by atoms with van der Waals surface area (Å²) in [5, 5.41) is 10.3. The lowest BCUT2D eigenvalue weighted by molar-refractivity contribution is -0.897. The van der Waals surface area contributed by atoms with Gasteiger partial charge in [-0.15, -0.1) is 0 Å². The fourth-order valence-electron chi connectivity index (χ4n) is 3.09. The van der Waals surface area contributed by atoms with E-state index in [1.165, 1.54) is 4.90 Å². The summed E-state index contributed by atoms with van der Waals surface area (Å²) in [6.07, 6.45) is -0.544. The van der Waals surface area contributed by atoms with E-state index in [9.17, 15) is 5.11 Å². The maximum Gasteiger partial charge on any atom is 0.231 e. The summed E-state index contributed by atoms with van der Waals surface area (Å²) in [7, 11) is 3.71. The van der Waals surface area contributed by atoms with Crippen molar-refractivity contribution in [3.63, 3.8) is 0 Å². The minimum atomic E-state index is -0.544. The molecule has 3 rings (SSSR count). The molecule has 2 N–H and O–H groups in total. The van der Waals surface area contributed by atoms with Crippen molar-refractivity contribution in [2.75, 3.05) is 34.1 Å². The molecule has 7 heteroatoms. The number of fused-ring (bicyclic) bond motifs is 1. The Bertz CT molecular complexity index is 770. The number of aliphatic hydroxyl groups is 1. The molecule has 0 saturated carbocycles. The lowest BCUT2D eigenvalue weighted by Crippen LogP contribution is -3.08. The Morgan fingerprint density at radius 3 is 2.81 bits per heavy atom. The largest absolute Gasteiger partial charge is 0.496 e. The topological polar surface area (TPSA) is 61.6 Å². The van der Waals surface area contributed by atoms with Crippen LogP contribution in [0.1, 0.15) is 11.1 Å². The van der Waals surface area contributed by atoms with Gasteiger partial charge < -0.3 is 29.0 Å². The minimum Gasteiger partial charge on any atom is -0.496 e. The highest BCUT2D eigenvalue weighted by Gasteiger charge is 2.16. The van der Waals surface area contributed by atoms with Gasteiger partial charge in [-0.2, -0.15) is 0 Å². The molecule has 1 unspecified atom stereocenters. The second-order valence-corrected chi connectivity index (χ2v) is 7.57. The number of hydrogen-bond acceptors (Lipinski definition) is 5. The average Bonchev–Trinajstić information content (AvgIpc) is 3.09. The van der Waals surface area contributed by atoms with Gasteiger partial charge in [-0.25, -0.2) is 0 Å². The van der Waals surface area contributed by atoms with E-state index < -0.39 is 6.10 Å². The molecule has 0 radical (unpaired) electrons. The normalized spacial score (nSPS) is 14.8. The molecule has 0 aromatic heterocycles. The van der Waals surface area contributed by atoms with Crippen LogP contribution in [0, 0.1) is 0 Å². The average molecular weight is 439 g/mol. The Balaban J connectivity index is 1.43. The van der Waals surface area contributed by atoms with Gasteiger partial charge in [-0.1, -0.05) is 22.0 Å². The smallest absolute Gasteiger partial charge is 0.231 e. The third kappa shape index (κ3) is 5.59. The van der Waals surface area contributed by atoms with Crippen LogP contribution in [0.4, 0.5) is 0 Å². The number of aliphatic hydroxyl groups excluding tert-OH is 1. The highest BCUT2D eigenvalue weighted by Crippen LogP contribution is 2.32. The first kappa shape index (κ1) is 19.9. The summed E-state index contributed by atoms with van der Waals surface area (Å²) >= 11 is 3.49. The van der Waals surface area contributed by atoms with Gasteiger partial charge in [0.25, 0.3) is 0 Å². The van der Waals surface area contributed by atoms with Gasteiger partial charge >= 0.3 is 0 Å². The number of quaternary nitrogens is 1. The van der Waals surface area contributed by atoms with Gasteiger partial charge in [0.1, 0.15) is 24.9 Å². The lowest BCUT2D eigenvalue weighted by Gasteiger charge is -2.19. The fraction of sp³-hybridized carbons (Fsp3) is 0.400. The van der Waals surface area contributed by atoms with E-state index in [1.54, 1.807) is 7.11 Å². The maximum absolute atomic E-state index is 10.3. The number of likely N-dealkylation sites (N-methyl/N-ethyl adjacent to an activating group) is 1. The Hall–Kier alpha value is -1.80. The highest BCUT2D eigenvalue weighted by atomic mass is 79.9. The van der Waals surface area contributed by atoms with E-state index in [0.717, 1.165) is 39.4 Å². The molecule has 2 aromatic carbocycles. The first-order valence-corrected chi connectivity index (χ1v) is 9.62. The van der Waals surface area contributed by atoms with Crippen molar-refractivity contribution in [1.29, 1.82) is 0 Å². The van der Waals surface area contributed by atoms with Crippen molar-refractivity contribution < 1.29 is 29.0 Å². The standard InChI is InChI=1S/C20H24BrNO5/c1-22(9-15-8-16(21)4-6-18(15)24-2)10-17(23)12-25-11-14-3-5-19-20(7-14)27-13-26-19/h3-8,17,23H,9-13H2,1-2H3/p+1/t17-/m1/s1. The van der Waals surface area contributed by atoms with Crippen LogP contribution in [-0.4, -0.2) is 45.3 Å². The molecule has 1 aliphatic heterocycles. The third-order valence-electron chi connectivity index (χ3n) is 4.33. The molecule has 0 fully saturated rings. The zero-order chi connectivity index (χ0) is 19.2. The second-order valence-electron chi connectivity index (χ2n) is 6.65. The van der Waals surface area contributed by atoms with Crippen LogP contribution in [0.3, 0.4) is 0 Å². The molecule has 2 atom stereocenters. The molecule has 2 aromatic rings. The van der Waals surface area contributed by atoms with Crippen LogP contribution in [0.15, 0.2) is 40.9 Å². The van der Waals surface area contributed by atoms with Crippen LogP contribution < -0.4 is 19.1 Å². The number of benzene rings is 2. The van der Waals surface area contributed by atoms with Crippen LogP contribution in [-0.2, 0) is 17.9 Å². The Kier molecular flexibility index (Phi) is 6.95. The number of ether oxygens (including phenoxy) is 4. The minimum absolute atomic E-state index is 0.260. The summed E-state index contributed by atoms with van der Waals surface area (Å²) in [6, 6.07) is 11.7. The van der Waals surface area contributed by atoms with E-state index in [2.05, 4.69) is 15.9 Å². The van der Waals surface area contributed by atoms with Gasteiger partial charge in [0, 0.05) is 10.0 Å². The number of methoxy groups -OCH3 is 1. The Morgan fingerprint density at radius 1 is 1.19 bits per heavy atom. The van der Waals surface area contributed by atoms with Crippen molar-refractivity contribution in [3.8, 4) is 17.2 Å². The summed E-state index contributed by atoms with van der Waals surface area (Å²) in [4.78, 5) is 1.17. The summed E-state index contributed by atoms with van der Waals surface area (Å²) < 4.78 is 22.7. The van der Waals surface area contributed by atoms with Crippen LogP contribution >= 0.6 is 15.9 Å². The lowest BCUT2D eigenvalue weighted by atomic mass is 10.2. The number of nitrogens with one attached hydrogen (secondary N) is 1. The van der Waals surface area contributed by atoms with Crippen LogP contribution in [0.5, 0.6) is 17.2 Å². The summed E-state index contributed by atoms with van der Waals surface area (Å²) in [6.45, 7) is 2.29. The van der Waals surface area contributed by atoms with Crippen LogP contribution in [0.25, 0.3) is 0 Å². The molecule has 0 aliphatic carbocycles. The van der Waals surface area contributed by atoms with Crippen molar-refractivity contribution >= 4 is 15.9 Å². The van der Waals surface area contributed by atoms with E-state index >= 15 is 0 Å². The van der Waals surface area contributed by atoms with Gasteiger partial charge in [0.15, 0.2) is 11.5 Å². The molecular weight excluding hydrogens is 414 g/mol. The molecule has 0 saturated heterocycles. The predicted molar refractivity (Wildman–Crippen MR) is 104 cm³/mol. The maximum atomic E-state index is 10.3. The van der Waals surface area contributed by atoms with E-state index in [4.69, 9.17) is 18.9 Å². The zero-order valence-corrected chi connectivity index (χ0v) is 17.1. The predicted octanol–water partition coefficient (Wildman–Crippen LogP) is 1.78. The summed E-state index contributed by atoms with van der Waals surface area (Å²) in [5.74, 6) is 2.35. The molecule has 1 heterocycles. The Morgan fingerprint density at radius 2 is 2.00 bits per heavy atom. The van der Waals surface area contributed by atoms with Crippen molar-refractivity contribution in [2.24, 2.45) is 0 Å². The van der Waals surface area contributed by atoms with Gasteiger partial charge in [0.2, 0.25) is 6.79 Å². The fourth-order valence-corrected chi connectivity index (χ4v) is 3.50. The number of halogens is 1. The van der Waals surface area contributed by atoms with E-state index in [1.807, 2.05) is 43.4 Å². The molecular formula is C20H25BrNO5+. The first-order valence-electron chi connectivity index (χ1n) is 8.83. The monoisotopic (exact) mass is 438 g/mol. The number of hydrogen-bond donors (Lipinski definition) is 2. The molecule has 27 heavy (non-hydrogen) atoms. The molecule has 1 aliphatic rings. The third-order valence-corrected chi connectivity index (χ3v) is 4.83. The van der Waals surface area contributed by atoms with Gasteiger partial charge in [-0.3, -0.25) is 0 Å². The zero-order valence-electron chi connectivity index (χ0n) is 15.5. The summed E-state index contributed by atoms with van der Waals surface area (Å²) in [5.41, 5.74) is 2.09. The van der Waals surface area contributed by atoms with Gasteiger partial charge in [0.05, 0.1) is 27.4 Å². The van der Waals surface area contributed by atoms with Crippen molar-refractivity contribution in [1.82, 2.24) is 0 Å². The van der Waals surface area contributed by atoms with E-state index in [0.29, 0.717) is 13.2 Å². The highest BCUT2D eigenvalue weighted by molar-refractivity contribution is 9.10. The first-order chi connectivity index (χ1) is 13.0.